The van der Waals surface area contributed by atoms with Crippen LogP contribution in [0.15, 0.2) is 24.3 Å². The van der Waals surface area contributed by atoms with E-state index in [0.29, 0.717) is 30.0 Å². The van der Waals surface area contributed by atoms with Gasteiger partial charge in [-0.3, -0.25) is 9.59 Å². The lowest BCUT2D eigenvalue weighted by molar-refractivity contribution is -0.123. The largest absolute Gasteiger partial charge is 0.378 e. The maximum absolute atomic E-state index is 13.1. The zero-order valence-corrected chi connectivity index (χ0v) is 21.4. The second kappa shape index (κ2) is 13.0. The molecule has 0 bridgehead atoms. The van der Waals surface area contributed by atoms with E-state index in [-0.39, 0.29) is 23.4 Å². The van der Waals surface area contributed by atoms with E-state index in [1.165, 1.54) is 31.4 Å². The Kier molecular flexibility index (Phi) is 9.73. The molecule has 35 heavy (non-hydrogen) atoms. The average molecular weight is 487 g/mol. The highest BCUT2D eigenvalue weighted by molar-refractivity contribution is 5.97. The molecule has 1 heterocycles. The van der Waals surface area contributed by atoms with Gasteiger partial charge in [0.2, 0.25) is 5.91 Å². The van der Waals surface area contributed by atoms with Crippen LogP contribution < -0.4 is 5.32 Å². The van der Waals surface area contributed by atoms with Crippen molar-refractivity contribution in [3.8, 4) is 0 Å². The number of ketones is 1. The number of nitrogens with one attached hydrogen (secondary N) is 1. The predicted molar refractivity (Wildman–Crippen MR) is 136 cm³/mol. The van der Waals surface area contributed by atoms with E-state index >= 15 is 0 Å². The number of hydrogen-bond donors (Lipinski definition) is 1. The molecule has 2 saturated carbocycles. The quantitative estimate of drug-likeness (QED) is 0.451. The van der Waals surface area contributed by atoms with Crippen LogP contribution in [-0.4, -0.2) is 55.0 Å². The van der Waals surface area contributed by atoms with Crippen LogP contribution >= 0.6 is 0 Å². The monoisotopic (exact) mass is 486 g/mol. The van der Waals surface area contributed by atoms with Crippen molar-refractivity contribution in [2.24, 2.45) is 17.8 Å². The Morgan fingerprint density at radius 3 is 2.34 bits per heavy atom. The summed E-state index contributed by atoms with van der Waals surface area (Å²) in [7, 11) is 0. The lowest BCUT2D eigenvalue weighted by Crippen LogP contribution is -2.39. The van der Waals surface area contributed by atoms with Gasteiger partial charge >= 0.3 is 0 Å². The molecule has 1 aliphatic heterocycles. The summed E-state index contributed by atoms with van der Waals surface area (Å²) in [6.07, 6.45) is 11.8. The van der Waals surface area contributed by atoms with Crippen molar-refractivity contribution < 1.29 is 18.7 Å². The van der Waals surface area contributed by atoms with Crippen LogP contribution in [-0.2, 0) is 9.53 Å². The maximum atomic E-state index is 13.1. The number of halogens is 1. The molecule has 5 nitrogen and oxygen atoms in total. The molecular weight excluding hydrogens is 443 g/mol. The van der Waals surface area contributed by atoms with Gasteiger partial charge in [-0.15, -0.1) is 0 Å². The highest BCUT2D eigenvalue weighted by Gasteiger charge is 2.29. The molecule has 3 aliphatic rings. The summed E-state index contributed by atoms with van der Waals surface area (Å²) in [6.45, 7) is 5.84. The molecule has 1 amide bonds. The second-order valence-corrected chi connectivity index (χ2v) is 11.0. The standard InChI is InChI=1S/C29H43FN2O3/c1-2-35-27-12-5-22(19-27)20-28(33)31-26-10-3-21(4-11-26)13-16-32-17-14-24(15-18-32)29(34)23-6-8-25(30)9-7-23/h6-9,21-22,24,26-27H,2-5,10-20H2,1H3,(H,31,33)/t21-,22-,26-,27-/m0/s1. The number of piperidine rings is 1. The Balaban J connectivity index is 1.08. The molecular formula is C29H43FN2O3. The number of benzene rings is 1. The first-order chi connectivity index (χ1) is 17.0. The molecule has 2 atom stereocenters. The molecule has 1 N–H and O–H groups in total. The van der Waals surface area contributed by atoms with Crippen molar-refractivity contribution in [1.82, 2.24) is 10.2 Å². The van der Waals surface area contributed by atoms with Gasteiger partial charge in [-0.05, 0) is 127 Å². The molecule has 0 unspecified atom stereocenters. The van der Waals surface area contributed by atoms with E-state index in [4.69, 9.17) is 4.74 Å². The lowest BCUT2D eigenvalue weighted by Gasteiger charge is -2.34. The van der Waals surface area contributed by atoms with Crippen molar-refractivity contribution in [3.05, 3.63) is 35.6 Å². The zero-order chi connectivity index (χ0) is 24.6. The normalized spacial score (nSPS) is 28.2. The van der Waals surface area contributed by atoms with Gasteiger partial charge in [0.05, 0.1) is 6.10 Å². The minimum absolute atomic E-state index is 0.0602. The smallest absolute Gasteiger partial charge is 0.220 e. The number of hydrogen-bond acceptors (Lipinski definition) is 4. The number of rotatable bonds is 10. The third-order valence-corrected chi connectivity index (χ3v) is 8.52. The molecule has 1 aromatic rings. The van der Waals surface area contributed by atoms with Crippen LogP contribution in [0.25, 0.3) is 0 Å². The summed E-state index contributed by atoms with van der Waals surface area (Å²) in [4.78, 5) is 27.7. The summed E-state index contributed by atoms with van der Waals surface area (Å²) < 4.78 is 18.8. The number of carbonyl (C=O) groups excluding carboxylic acids is 2. The van der Waals surface area contributed by atoms with Gasteiger partial charge in [0.1, 0.15) is 5.82 Å². The molecule has 0 aromatic heterocycles. The summed E-state index contributed by atoms with van der Waals surface area (Å²) in [5.74, 6) is 1.38. The van der Waals surface area contributed by atoms with Crippen molar-refractivity contribution >= 4 is 11.7 Å². The van der Waals surface area contributed by atoms with Crippen LogP contribution in [0.4, 0.5) is 4.39 Å². The predicted octanol–water partition coefficient (Wildman–Crippen LogP) is 5.38. The molecule has 2 aliphatic carbocycles. The molecule has 4 rings (SSSR count). The third kappa shape index (κ3) is 7.85. The van der Waals surface area contributed by atoms with Crippen molar-refractivity contribution in [2.45, 2.75) is 89.7 Å². The van der Waals surface area contributed by atoms with Crippen LogP contribution in [0.1, 0.15) is 87.9 Å². The third-order valence-electron chi connectivity index (χ3n) is 8.52. The Bertz CT molecular complexity index is 814. The van der Waals surface area contributed by atoms with Crippen molar-refractivity contribution in [2.75, 3.05) is 26.2 Å². The average Bonchev–Trinajstić information content (AvgIpc) is 3.31. The first-order valence-electron chi connectivity index (χ1n) is 13.9. The second-order valence-electron chi connectivity index (χ2n) is 11.0. The van der Waals surface area contributed by atoms with Gasteiger partial charge in [-0.25, -0.2) is 4.39 Å². The first-order valence-corrected chi connectivity index (χ1v) is 13.9. The van der Waals surface area contributed by atoms with Crippen LogP contribution in [0.5, 0.6) is 0 Å². The van der Waals surface area contributed by atoms with Crippen LogP contribution in [0.3, 0.4) is 0 Å². The number of nitrogens with zero attached hydrogens (tertiary/aromatic N) is 1. The van der Waals surface area contributed by atoms with Gasteiger partial charge in [0.15, 0.2) is 5.78 Å². The number of Topliss-reactive ketones (excluding diaryl/α,β-unsaturated/α-hetero) is 1. The Morgan fingerprint density at radius 1 is 0.971 bits per heavy atom. The summed E-state index contributed by atoms with van der Waals surface area (Å²) in [6, 6.07) is 6.30. The molecule has 194 valence electrons. The van der Waals surface area contributed by atoms with E-state index in [0.717, 1.165) is 77.1 Å². The first kappa shape index (κ1) is 26.3. The van der Waals surface area contributed by atoms with Gasteiger partial charge in [-0.2, -0.15) is 0 Å². The SMILES string of the molecule is CCO[C@H]1CC[C@H](CC(=O)N[C@H]2CC[C@H](CCN3CCC(C(=O)c4ccc(F)cc4)CC3)CC2)C1. The van der Waals surface area contributed by atoms with Gasteiger partial charge in [-0.1, -0.05) is 0 Å². The highest BCUT2D eigenvalue weighted by atomic mass is 19.1. The van der Waals surface area contributed by atoms with Gasteiger partial charge in [0, 0.05) is 30.6 Å². The van der Waals surface area contributed by atoms with Crippen molar-refractivity contribution in [1.29, 1.82) is 0 Å². The number of carbonyl (C=O) groups is 2. The van der Waals surface area contributed by atoms with E-state index < -0.39 is 0 Å². The summed E-state index contributed by atoms with van der Waals surface area (Å²) in [5.41, 5.74) is 0.631. The molecule has 1 saturated heterocycles. The van der Waals surface area contributed by atoms with E-state index in [9.17, 15) is 14.0 Å². The summed E-state index contributed by atoms with van der Waals surface area (Å²) >= 11 is 0. The maximum Gasteiger partial charge on any atom is 0.220 e. The minimum Gasteiger partial charge on any atom is -0.378 e. The Labute approximate surface area is 210 Å². The van der Waals surface area contributed by atoms with Gasteiger partial charge in [0.25, 0.3) is 0 Å². The Hall–Kier alpha value is -1.79. The number of amides is 1. The summed E-state index contributed by atoms with van der Waals surface area (Å²) in [5, 5.41) is 3.31. The van der Waals surface area contributed by atoms with Gasteiger partial charge < -0.3 is 15.0 Å². The fourth-order valence-electron chi connectivity index (χ4n) is 6.38. The van der Waals surface area contributed by atoms with Crippen molar-refractivity contribution in [3.63, 3.8) is 0 Å². The highest BCUT2D eigenvalue weighted by Crippen LogP contribution is 2.31. The van der Waals surface area contributed by atoms with Crippen LogP contribution in [0.2, 0.25) is 0 Å². The minimum atomic E-state index is -0.298. The van der Waals surface area contributed by atoms with E-state index in [1.54, 1.807) is 12.1 Å². The number of likely N-dealkylation sites (tertiary alicyclic amines) is 1. The molecule has 1 aromatic carbocycles. The number of ether oxygens (including phenoxy) is 1. The molecule has 0 spiro atoms. The van der Waals surface area contributed by atoms with Crippen LogP contribution in [0, 0.1) is 23.6 Å². The molecule has 0 radical (unpaired) electrons. The molecule has 3 fully saturated rings. The Morgan fingerprint density at radius 2 is 1.66 bits per heavy atom. The molecule has 6 heteroatoms. The lowest BCUT2D eigenvalue weighted by atomic mass is 9.83. The fraction of sp³-hybridized carbons (Fsp3) is 0.724. The zero-order valence-electron chi connectivity index (χ0n) is 21.4. The fourth-order valence-corrected chi connectivity index (χ4v) is 6.38. The van der Waals surface area contributed by atoms with E-state index in [1.807, 2.05) is 6.92 Å². The topological polar surface area (TPSA) is 58.6 Å². The van der Waals surface area contributed by atoms with E-state index in [2.05, 4.69) is 10.2 Å².